The van der Waals surface area contributed by atoms with Gasteiger partial charge in [0.25, 0.3) is 0 Å². The normalized spacial score (nSPS) is 23.2. The van der Waals surface area contributed by atoms with Crippen molar-refractivity contribution in [2.75, 3.05) is 30.4 Å². The van der Waals surface area contributed by atoms with E-state index in [-0.39, 0.29) is 12.6 Å². The number of carbonyl (C=O) groups excluding carboxylic acids is 1. The molecule has 0 radical (unpaired) electrons. The Morgan fingerprint density at radius 2 is 2.12 bits per heavy atom. The van der Waals surface area contributed by atoms with Crippen molar-refractivity contribution in [2.24, 2.45) is 11.8 Å². The number of piperidine rings is 1. The third-order valence-corrected chi connectivity index (χ3v) is 5.18. The second-order valence-corrected chi connectivity index (χ2v) is 7.05. The Balaban J connectivity index is 1.69. The molecule has 24 heavy (non-hydrogen) atoms. The molecule has 2 bridgehead atoms. The summed E-state index contributed by atoms with van der Waals surface area (Å²) in [5, 5.41) is 11.9. The van der Waals surface area contributed by atoms with Crippen LogP contribution in [0.15, 0.2) is 24.3 Å². The number of urea groups is 1. The summed E-state index contributed by atoms with van der Waals surface area (Å²) >= 11 is 0. The smallest absolute Gasteiger partial charge is 0.321 e. The van der Waals surface area contributed by atoms with Crippen molar-refractivity contribution in [3.8, 4) is 0 Å². The van der Waals surface area contributed by atoms with E-state index in [1.54, 1.807) is 14.0 Å². The topological polar surface area (TPSA) is 72.9 Å². The van der Waals surface area contributed by atoms with E-state index in [1.165, 1.54) is 24.2 Å². The fourth-order valence-corrected chi connectivity index (χ4v) is 3.83. The highest BCUT2D eigenvalue weighted by molar-refractivity contribution is 5.93. The van der Waals surface area contributed by atoms with Crippen LogP contribution in [0.5, 0.6) is 0 Å². The highest BCUT2D eigenvalue weighted by Crippen LogP contribution is 2.42. The van der Waals surface area contributed by atoms with E-state index in [0.717, 1.165) is 23.8 Å². The summed E-state index contributed by atoms with van der Waals surface area (Å²) in [7, 11) is 1.62. The molecular weight excluding hydrogens is 306 g/mol. The minimum Gasteiger partial charge on any atom is -0.481 e. The van der Waals surface area contributed by atoms with Crippen molar-refractivity contribution in [3.05, 3.63) is 24.3 Å². The molecule has 3 rings (SSSR count). The summed E-state index contributed by atoms with van der Waals surface area (Å²) in [6, 6.07) is 8.17. The molecule has 130 valence electrons. The molecule has 1 aliphatic carbocycles. The standard InChI is InChI=1S/C18H25N3O3/c1-12(17(22)23)10-20(2)18(24)19-15-5-3-4-6-16(15)21-11-13-7-8-14(21)9-13/h3-6,12-14H,7-11H2,1-2H3,(H,19,24)(H,22,23). The maximum absolute atomic E-state index is 12.4. The number of rotatable bonds is 5. The Morgan fingerprint density at radius 1 is 1.38 bits per heavy atom. The van der Waals surface area contributed by atoms with Crippen molar-refractivity contribution < 1.29 is 14.7 Å². The van der Waals surface area contributed by atoms with Crippen LogP contribution in [0.4, 0.5) is 16.2 Å². The van der Waals surface area contributed by atoms with Crippen LogP contribution in [0, 0.1) is 11.8 Å². The predicted octanol–water partition coefficient (Wildman–Crippen LogP) is 2.86. The summed E-state index contributed by atoms with van der Waals surface area (Å²) in [6.45, 7) is 2.84. The van der Waals surface area contributed by atoms with E-state index in [4.69, 9.17) is 5.11 Å². The molecule has 2 aliphatic rings. The zero-order chi connectivity index (χ0) is 17.3. The molecule has 3 atom stereocenters. The number of aliphatic carboxylic acids is 1. The first-order chi connectivity index (χ1) is 11.5. The number of anilines is 2. The molecule has 6 nitrogen and oxygen atoms in total. The molecule has 1 aliphatic heterocycles. The molecule has 6 heteroatoms. The average molecular weight is 331 g/mol. The number of benzene rings is 1. The van der Waals surface area contributed by atoms with Gasteiger partial charge < -0.3 is 20.2 Å². The van der Waals surface area contributed by atoms with Crippen LogP contribution in [-0.2, 0) is 4.79 Å². The molecule has 1 aromatic carbocycles. The van der Waals surface area contributed by atoms with Gasteiger partial charge >= 0.3 is 12.0 Å². The molecule has 0 spiro atoms. The lowest BCUT2D eigenvalue weighted by molar-refractivity contribution is -0.141. The molecule has 1 heterocycles. The second-order valence-electron chi connectivity index (χ2n) is 7.05. The Morgan fingerprint density at radius 3 is 2.75 bits per heavy atom. The fraction of sp³-hybridized carbons (Fsp3) is 0.556. The van der Waals surface area contributed by atoms with Crippen LogP contribution < -0.4 is 10.2 Å². The van der Waals surface area contributed by atoms with Crippen LogP contribution >= 0.6 is 0 Å². The minimum atomic E-state index is -0.900. The number of nitrogens with zero attached hydrogens (tertiary/aromatic N) is 2. The third-order valence-electron chi connectivity index (χ3n) is 5.18. The average Bonchev–Trinajstić information content (AvgIpc) is 3.18. The number of para-hydroxylation sites is 2. The van der Waals surface area contributed by atoms with Crippen LogP contribution in [-0.4, -0.2) is 48.2 Å². The predicted molar refractivity (Wildman–Crippen MR) is 93.4 cm³/mol. The molecule has 1 saturated heterocycles. The van der Waals surface area contributed by atoms with Crippen LogP contribution in [0.3, 0.4) is 0 Å². The number of fused-ring (bicyclic) bond motifs is 2. The molecule has 1 aromatic rings. The van der Waals surface area contributed by atoms with Gasteiger partial charge in [-0.05, 0) is 37.3 Å². The summed E-state index contributed by atoms with van der Waals surface area (Å²) in [6.07, 6.45) is 3.78. The number of hydrogen-bond donors (Lipinski definition) is 2. The zero-order valence-electron chi connectivity index (χ0n) is 14.2. The van der Waals surface area contributed by atoms with Crippen LogP contribution in [0.25, 0.3) is 0 Å². The molecule has 1 saturated carbocycles. The molecule has 2 N–H and O–H groups in total. The van der Waals surface area contributed by atoms with Gasteiger partial charge in [0.05, 0.1) is 17.3 Å². The Kier molecular flexibility index (Phi) is 4.64. The fourth-order valence-electron chi connectivity index (χ4n) is 3.83. The van der Waals surface area contributed by atoms with Gasteiger partial charge in [0.2, 0.25) is 0 Å². The largest absolute Gasteiger partial charge is 0.481 e. The lowest BCUT2D eigenvalue weighted by Gasteiger charge is -2.31. The highest BCUT2D eigenvalue weighted by atomic mass is 16.4. The molecule has 0 aromatic heterocycles. The van der Waals surface area contributed by atoms with E-state index in [0.29, 0.717) is 6.04 Å². The Hall–Kier alpha value is -2.24. The van der Waals surface area contributed by atoms with Crippen molar-refractivity contribution >= 4 is 23.4 Å². The summed E-state index contributed by atoms with van der Waals surface area (Å²) in [5.74, 6) is -0.716. The zero-order valence-corrected chi connectivity index (χ0v) is 14.2. The number of carboxylic acid groups (broad SMARTS) is 1. The lowest BCUT2D eigenvalue weighted by atomic mass is 10.1. The molecule has 2 fully saturated rings. The van der Waals surface area contributed by atoms with Gasteiger partial charge in [0, 0.05) is 26.2 Å². The van der Waals surface area contributed by atoms with Crippen molar-refractivity contribution in [3.63, 3.8) is 0 Å². The van der Waals surface area contributed by atoms with E-state index in [1.807, 2.05) is 18.2 Å². The first kappa shape index (κ1) is 16.6. The van der Waals surface area contributed by atoms with E-state index < -0.39 is 11.9 Å². The van der Waals surface area contributed by atoms with Crippen molar-refractivity contribution in [1.29, 1.82) is 0 Å². The first-order valence-corrected chi connectivity index (χ1v) is 8.56. The number of carboxylic acids is 1. The molecular formula is C18H25N3O3. The maximum Gasteiger partial charge on any atom is 0.321 e. The van der Waals surface area contributed by atoms with Crippen molar-refractivity contribution in [1.82, 2.24) is 4.90 Å². The van der Waals surface area contributed by atoms with Gasteiger partial charge in [-0.2, -0.15) is 0 Å². The van der Waals surface area contributed by atoms with Crippen molar-refractivity contribution in [2.45, 2.75) is 32.2 Å². The SMILES string of the molecule is CC(CN(C)C(=O)Nc1ccccc1N1CC2CCC1C2)C(=O)O. The van der Waals surface area contributed by atoms with Gasteiger partial charge in [-0.1, -0.05) is 19.1 Å². The maximum atomic E-state index is 12.4. The summed E-state index contributed by atoms with van der Waals surface area (Å²) < 4.78 is 0. The third kappa shape index (κ3) is 3.32. The summed E-state index contributed by atoms with van der Waals surface area (Å²) in [5.41, 5.74) is 1.86. The van der Waals surface area contributed by atoms with Crippen LogP contribution in [0.1, 0.15) is 26.2 Å². The first-order valence-electron chi connectivity index (χ1n) is 8.56. The second kappa shape index (κ2) is 6.71. The molecule has 3 unspecified atom stereocenters. The van der Waals surface area contributed by atoms with Gasteiger partial charge in [-0.25, -0.2) is 4.79 Å². The van der Waals surface area contributed by atoms with E-state index in [9.17, 15) is 9.59 Å². The monoisotopic (exact) mass is 331 g/mol. The van der Waals surface area contributed by atoms with E-state index >= 15 is 0 Å². The Labute approximate surface area is 142 Å². The summed E-state index contributed by atoms with van der Waals surface area (Å²) in [4.78, 5) is 27.2. The van der Waals surface area contributed by atoms with Gasteiger partial charge in [-0.15, -0.1) is 0 Å². The van der Waals surface area contributed by atoms with Crippen LogP contribution in [0.2, 0.25) is 0 Å². The Bertz CT molecular complexity index is 634. The minimum absolute atomic E-state index is 0.178. The van der Waals surface area contributed by atoms with Gasteiger partial charge in [-0.3, -0.25) is 4.79 Å². The number of hydrogen-bond acceptors (Lipinski definition) is 3. The van der Waals surface area contributed by atoms with E-state index in [2.05, 4.69) is 16.3 Å². The number of nitrogens with one attached hydrogen (secondary N) is 1. The number of amides is 2. The molecule has 2 amide bonds. The van der Waals surface area contributed by atoms with Gasteiger partial charge in [0.15, 0.2) is 0 Å². The lowest BCUT2D eigenvalue weighted by Crippen LogP contribution is -2.37. The quantitative estimate of drug-likeness (QED) is 0.870. The van der Waals surface area contributed by atoms with Gasteiger partial charge in [0.1, 0.15) is 0 Å². The highest BCUT2D eigenvalue weighted by Gasteiger charge is 2.38. The number of carbonyl (C=O) groups is 2.